The molecule has 1 heterocycles. The van der Waals surface area contributed by atoms with Crippen LogP contribution in [0.3, 0.4) is 0 Å². The molecule has 1 aliphatic carbocycles. The number of ether oxygens (including phenoxy) is 2. The van der Waals surface area contributed by atoms with Crippen LogP contribution in [-0.2, 0) is 9.47 Å². The zero-order valence-corrected chi connectivity index (χ0v) is 10.8. The van der Waals surface area contributed by atoms with E-state index in [0.717, 1.165) is 19.1 Å². The van der Waals surface area contributed by atoms with Crippen LogP contribution in [-0.4, -0.2) is 31.1 Å². The molecule has 16 heavy (non-hydrogen) atoms. The van der Waals surface area contributed by atoms with Gasteiger partial charge in [0.15, 0.2) is 5.79 Å². The Labute approximate surface area is 98.9 Å². The van der Waals surface area contributed by atoms with E-state index in [4.69, 9.17) is 9.47 Å². The van der Waals surface area contributed by atoms with Crippen molar-refractivity contribution in [1.82, 2.24) is 5.32 Å². The van der Waals surface area contributed by atoms with E-state index in [0.29, 0.717) is 12.1 Å². The molecule has 94 valence electrons. The van der Waals surface area contributed by atoms with E-state index in [9.17, 15) is 0 Å². The minimum absolute atomic E-state index is 0.372. The average molecular weight is 227 g/mol. The number of hydrogen-bond donors (Lipinski definition) is 1. The van der Waals surface area contributed by atoms with Crippen LogP contribution in [0, 0.1) is 5.92 Å². The first kappa shape index (κ1) is 12.3. The average Bonchev–Trinajstić information content (AvgIpc) is 3.04. The Balaban J connectivity index is 1.71. The molecule has 0 aromatic heterocycles. The molecule has 0 aromatic carbocycles. The van der Waals surface area contributed by atoms with Crippen LogP contribution in [0.5, 0.6) is 0 Å². The van der Waals surface area contributed by atoms with Gasteiger partial charge in [-0.25, -0.2) is 0 Å². The number of hydrogen-bond acceptors (Lipinski definition) is 3. The summed E-state index contributed by atoms with van der Waals surface area (Å²) in [6, 6.07) is 1.02. The van der Waals surface area contributed by atoms with E-state index in [1.165, 1.54) is 25.7 Å². The van der Waals surface area contributed by atoms with Gasteiger partial charge in [-0.3, -0.25) is 0 Å². The summed E-state index contributed by atoms with van der Waals surface area (Å²) in [7, 11) is 0. The van der Waals surface area contributed by atoms with Gasteiger partial charge in [0.25, 0.3) is 0 Å². The Hall–Kier alpha value is -0.120. The summed E-state index contributed by atoms with van der Waals surface area (Å²) in [5.41, 5.74) is 0. The molecule has 2 fully saturated rings. The fourth-order valence-electron chi connectivity index (χ4n) is 2.23. The Morgan fingerprint density at radius 1 is 1.25 bits per heavy atom. The van der Waals surface area contributed by atoms with Gasteiger partial charge in [0, 0.05) is 6.04 Å². The quantitative estimate of drug-likeness (QED) is 0.782. The standard InChI is InChI=1S/C13H25NO2/c1-4-11(7-10-5-6-10)14-12-8-15-13(2,3)16-9-12/h10-12,14H,4-9H2,1-3H3. The van der Waals surface area contributed by atoms with Crippen molar-refractivity contribution >= 4 is 0 Å². The molecular formula is C13H25NO2. The molecule has 0 spiro atoms. The van der Waals surface area contributed by atoms with Gasteiger partial charge in [-0.2, -0.15) is 0 Å². The molecule has 2 rings (SSSR count). The monoisotopic (exact) mass is 227 g/mol. The normalized spacial score (nSPS) is 27.9. The lowest BCUT2D eigenvalue weighted by molar-refractivity contribution is -0.253. The van der Waals surface area contributed by atoms with Gasteiger partial charge in [0.2, 0.25) is 0 Å². The Morgan fingerprint density at radius 2 is 1.88 bits per heavy atom. The predicted octanol–water partition coefficient (Wildman–Crippen LogP) is 2.31. The summed E-state index contributed by atoms with van der Waals surface area (Å²) in [5, 5.41) is 3.66. The van der Waals surface area contributed by atoms with E-state index in [2.05, 4.69) is 12.2 Å². The lowest BCUT2D eigenvalue weighted by Gasteiger charge is -2.36. The van der Waals surface area contributed by atoms with E-state index in [-0.39, 0.29) is 0 Å². The van der Waals surface area contributed by atoms with Crippen LogP contribution in [0.15, 0.2) is 0 Å². The van der Waals surface area contributed by atoms with Gasteiger partial charge in [-0.15, -0.1) is 0 Å². The highest BCUT2D eigenvalue weighted by molar-refractivity contribution is 4.83. The van der Waals surface area contributed by atoms with Crippen molar-refractivity contribution in [3.8, 4) is 0 Å². The third-order valence-corrected chi connectivity index (χ3v) is 3.54. The zero-order chi connectivity index (χ0) is 11.6. The minimum Gasteiger partial charge on any atom is -0.349 e. The Morgan fingerprint density at radius 3 is 2.38 bits per heavy atom. The molecule has 1 saturated heterocycles. The van der Waals surface area contributed by atoms with Gasteiger partial charge in [0.05, 0.1) is 19.3 Å². The van der Waals surface area contributed by atoms with Crippen molar-refractivity contribution in [3.63, 3.8) is 0 Å². The highest BCUT2D eigenvalue weighted by atomic mass is 16.7. The summed E-state index contributed by atoms with van der Waals surface area (Å²) < 4.78 is 11.3. The van der Waals surface area contributed by atoms with Gasteiger partial charge < -0.3 is 14.8 Å². The van der Waals surface area contributed by atoms with Crippen molar-refractivity contribution in [2.45, 2.75) is 64.3 Å². The first-order valence-corrected chi connectivity index (χ1v) is 6.63. The van der Waals surface area contributed by atoms with Crippen molar-refractivity contribution in [2.75, 3.05) is 13.2 Å². The Bertz CT molecular complexity index is 216. The molecule has 1 atom stereocenters. The maximum absolute atomic E-state index is 5.66. The fraction of sp³-hybridized carbons (Fsp3) is 1.00. The molecule has 2 aliphatic rings. The van der Waals surface area contributed by atoms with Crippen LogP contribution >= 0.6 is 0 Å². The van der Waals surface area contributed by atoms with E-state index in [1.54, 1.807) is 0 Å². The second-order valence-electron chi connectivity index (χ2n) is 5.67. The molecule has 1 saturated carbocycles. The van der Waals surface area contributed by atoms with Gasteiger partial charge >= 0.3 is 0 Å². The third kappa shape index (κ3) is 3.72. The van der Waals surface area contributed by atoms with E-state index >= 15 is 0 Å². The molecule has 1 unspecified atom stereocenters. The van der Waals surface area contributed by atoms with Crippen molar-refractivity contribution in [2.24, 2.45) is 5.92 Å². The summed E-state index contributed by atoms with van der Waals surface area (Å²) in [6.45, 7) is 7.76. The molecule has 3 heteroatoms. The van der Waals surface area contributed by atoms with Crippen molar-refractivity contribution in [3.05, 3.63) is 0 Å². The minimum atomic E-state index is -0.392. The largest absolute Gasteiger partial charge is 0.349 e. The molecule has 0 amide bonds. The highest BCUT2D eigenvalue weighted by Crippen LogP contribution is 2.34. The smallest absolute Gasteiger partial charge is 0.162 e. The summed E-state index contributed by atoms with van der Waals surface area (Å²) >= 11 is 0. The molecule has 0 radical (unpaired) electrons. The maximum Gasteiger partial charge on any atom is 0.162 e. The summed E-state index contributed by atoms with van der Waals surface area (Å²) in [5.74, 6) is 0.593. The van der Waals surface area contributed by atoms with Gasteiger partial charge in [-0.1, -0.05) is 19.8 Å². The molecule has 3 nitrogen and oxygen atoms in total. The molecule has 0 aromatic rings. The zero-order valence-electron chi connectivity index (χ0n) is 10.8. The van der Waals surface area contributed by atoms with Gasteiger partial charge in [0.1, 0.15) is 0 Å². The van der Waals surface area contributed by atoms with Crippen LogP contribution in [0.4, 0.5) is 0 Å². The summed E-state index contributed by atoms with van der Waals surface area (Å²) in [6.07, 6.45) is 5.40. The first-order chi connectivity index (χ1) is 7.59. The Kier molecular flexibility index (Phi) is 3.88. The number of rotatable bonds is 5. The third-order valence-electron chi connectivity index (χ3n) is 3.54. The first-order valence-electron chi connectivity index (χ1n) is 6.63. The van der Waals surface area contributed by atoms with Crippen LogP contribution in [0.25, 0.3) is 0 Å². The van der Waals surface area contributed by atoms with E-state index < -0.39 is 5.79 Å². The van der Waals surface area contributed by atoms with Crippen molar-refractivity contribution < 1.29 is 9.47 Å². The molecule has 0 bridgehead atoms. The second kappa shape index (κ2) is 5.03. The molecule has 1 N–H and O–H groups in total. The SMILES string of the molecule is CCC(CC1CC1)NC1COC(C)(C)OC1. The van der Waals surface area contributed by atoms with Crippen molar-refractivity contribution in [1.29, 1.82) is 0 Å². The molecular weight excluding hydrogens is 202 g/mol. The van der Waals surface area contributed by atoms with Crippen LogP contribution < -0.4 is 5.32 Å². The van der Waals surface area contributed by atoms with Crippen LogP contribution in [0.2, 0.25) is 0 Å². The lowest BCUT2D eigenvalue weighted by atomic mass is 10.1. The number of nitrogens with one attached hydrogen (secondary N) is 1. The lowest BCUT2D eigenvalue weighted by Crippen LogP contribution is -2.51. The predicted molar refractivity (Wildman–Crippen MR) is 64.3 cm³/mol. The highest BCUT2D eigenvalue weighted by Gasteiger charge is 2.30. The maximum atomic E-state index is 5.66. The van der Waals surface area contributed by atoms with Gasteiger partial charge in [-0.05, 0) is 32.6 Å². The summed E-state index contributed by atoms with van der Waals surface area (Å²) in [4.78, 5) is 0. The second-order valence-corrected chi connectivity index (χ2v) is 5.67. The topological polar surface area (TPSA) is 30.5 Å². The fourth-order valence-corrected chi connectivity index (χ4v) is 2.23. The molecule has 1 aliphatic heterocycles. The van der Waals surface area contributed by atoms with Crippen LogP contribution in [0.1, 0.15) is 46.5 Å². The van der Waals surface area contributed by atoms with E-state index in [1.807, 2.05) is 13.8 Å².